The predicted molar refractivity (Wildman–Crippen MR) is 269 cm³/mol. The zero-order valence-electron chi connectivity index (χ0n) is 42.9. The van der Waals surface area contributed by atoms with Crippen LogP contribution in [0, 0.1) is 23.7 Å². The lowest BCUT2D eigenvalue weighted by Gasteiger charge is -2.41. The first-order chi connectivity index (χ1) is 32.6. The molecule has 69 heavy (non-hydrogen) atoms. The average Bonchev–Trinajstić information content (AvgIpc) is 3.99. The maximum atomic E-state index is 14.7. The van der Waals surface area contributed by atoms with Crippen LogP contribution >= 0.6 is 21.6 Å². The summed E-state index contributed by atoms with van der Waals surface area (Å²) in [6.45, 7) is 19.3. The van der Waals surface area contributed by atoms with Crippen LogP contribution in [0.1, 0.15) is 107 Å². The maximum Gasteiger partial charge on any atom is 0.410 e. The Morgan fingerprint density at radius 1 is 0.957 bits per heavy atom. The number of imidazole rings is 1. The van der Waals surface area contributed by atoms with E-state index in [1.165, 1.54) is 54.1 Å². The van der Waals surface area contributed by atoms with Gasteiger partial charge in [-0.2, -0.15) is 0 Å². The number of amides is 5. The lowest BCUT2D eigenvalue weighted by atomic mass is 9.89. The van der Waals surface area contributed by atoms with Gasteiger partial charge in [0.15, 0.2) is 10.8 Å². The van der Waals surface area contributed by atoms with Crippen molar-refractivity contribution in [3.8, 4) is 0 Å². The molecule has 0 bridgehead atoms. The number of nitrogens with one attached hydrogen (secondary N) is 3. The minimum absolute atomic E-state index is 0.0406. The molecule has 5 amide bonds. The molecule has 0 aliphatic carbocycles. The summed E-state index contributed by atoms with van der Waals surface area (Å²) in [4.78, 5) is 90.8. The summed E-state index contributed by atoms with van der Waals surface area (Å²) < 4.78 is 17.3. The molecule has 1 aliphatic rings. The Kier molecular flexibility index (Phi) is 21.6. The Morgan fingerprint density at radius 2 is 1.64 bits per heavy atom. The summed E-state index contributed by atoms with van der Waals surface area (Å²) in [5, 5.41) is 17.5. The van der Waals surface area contributed by atoms with Gasteiger partial charge in [0.1, 0.15) is 30.5 Å². The molecule has 1 fully saturated rings. The Balaban J connectivity index is 1.42. The van der Waals surface area contributed by atoms with E-state index in [4.69, 9.17) is 14.2 Å². The molecule has 1 aromatic carbocycles. The molecule has 0 saturated carbocycles. The first-order valence-corrected chi connectivity index (χ1v) is 26.1. The van der Waals surface area contributed by atoms with Crippen LogP contribution in [0.4, 0.5) is 4.79 Å². The molecular formula is C49H77N9O9S2. The molecule has 0 radical (unpaired) electrons. The van der Waals surface area contributed by atoms with E-state index >= 15 is 0 Å². The molecular weight excluding hydrogens is 923 g/mol. The summed E-state index contributed by atoms with van der Waals surface area (Å²) in [6, 6.07) is 5.67. The van der Waals surface area contributed by atoms with Crippen LogP contribution in [0.3, 0.4) is 0 Å². The highest BCUT2D eigenvalue weighted by Gasteiger charge is 2.44. The highest BCUT2D eigenvalue weighted by Crippen LogP contribution is 2.40. The Morgan fingerprint density at radius 3 is 2.23 bits per heavy atom. The van der Waals surface area contributed by atoms with Gasteiger partial charge in [-0.25, -0.2) is 19.7 Å². The van der Waals surface area contributed by atoms with E-state index in [2.05, 4.69) is 30.6 Å². The Bertz CT molecular complexity index is 2110. The molecule has 7 unspecified atom stereocenters. The molecule has 10 atom stereocenters. The zero-order chi connectivity index (χ0) is 51.3. The minimum atomic E-state index is -0.973. The van der Waals surface area contributed by atoms with Crippen molar-refractivity contribution < 1.29 is 43.3 Å². The summed E-state index contributed by atoms with van der Waals surface area (Å²) >= 11 is 0. The van der Waals surface area contributed by atoms with E-state index in [0.29, 0.717) is 41.3 Å². The van der Waals surface area contributed by atoms with Crippen molar-refractivity contribution in [3.63, 3.8) is 0 Å². The van der Waals surface area contributed by atoms with E-state index in [9.17, 15) is 29.1 Å². The number of aromatic nitrogens is 4. The number of carbonyl (C=O) groups excluding carboxylic acids is 5. The van der Waals surface area contributed by atoms with Crippen molar-refractivity contribution in [1.82, 2.24) is 45.3 Å². The molecule has 1 aliphatic heterocycles. The monoisotopic (exact) mass is 1000 g/mol. The Labute approximate surface area is 416 Å². The molecule has 384 valence electrons. The number of aromatic amines is 1. The van der Waals surface area contributed by atoms with E-state index in [1.54, 1.807) is 49.0 Å². The highest BCUT2D eigenvalue weighted by molar-refractivity contribution is 8.77. The number of hydrogen-bond acceptors (Lipinski definition) is 14. The smallest absolute Gasteiger partial charge is 0.410 e. The number of nitrogens with zero attached hydrogens (tertiary/aromatic N) is 6. The molecule has 3 heterocycles. The van der Waals surface area contributed by atoms with Gasteiger partial charge in [0.05, 0.1) is 59.7 Å². The number of aliphatic hydroxyl groups excluding tert-OH is 1. The fraction of sp³-hybridized carbons (Fsp3) is 0.673. The van der Waals surface area contributed by atoms with Crippen molar-refractivity contribution in [2.24, 2.45) is 23.7 Å². The molecule has 4 rings (SSSR count). The van der Waals surface area contributed by atoms with Crippen LogP contribution in [0.5, 0.6) is 0 Å². The van der Waals surface area contributed by atoms with E-state index < -0.39 is 71.2 Å². The van der Waals surface area contributed by atoms with Crippen LogP contribution in [-0.2, 0) is 33.4 Å². The molecule has 1 saturated heterocycles. The number of aliphatic hydroxyl groups is 1. The van der Waals surface area contributed by atoms with Gasteiger partial charge in [-0.1, -0.05) is 96.0 Å². The summed E-state index contributed by atoms with van der Waals surface area (Å²) in [5.74, 6) is -2.79. The van der Waals surface area contributed by atoms with Crippen molar-refractivity contribution in [2.75, 3.05) is 41.5 Å². The molecule has 4 N–H and O–H groups in total. The van der Waals surface area contributed by atoms with Crippen LogP contribution in [0.2, 0.25) is 0 Å². The zero-order valence-corrected chi connectivity index (χ0v) is 44.6. The van der Waals surface area contributed by atoms with Gasteiger partial charge >= 0.3 is 6.09 Å². The number of hydrogen-bond donors (Lipinski definition) is 4. The fourth-order valence-electron chi connectivity index (χ4n) is 8.98. The highest BCUT2D eigenvalue weighted by atomic mass is 33.1. The standard InChI is InChI=1S/C49H77N9O9S2/c1-15-30(6)40(36(65-13)24-37(59)58-23-19-22-35(58)42(66-14)31(7)44(61)52-32(8)41(60)33-20-17-16-18-21-33)56(11)46(63)38(28(2)3)54-45(62)39(29(4)5)57(12)48(64)67-26-49(9,10)69-68-47-53-34-25-50-27-51-43(34)55-47/h16-18,20-21,25,27-32,35-36,38-42,60H,15,19,22-24,26H2,1-14H3,(H,52,61)(H,54,62)(H,50,51,53,55)/t30-,31?,32?,35?,36?,38-,39?,40-,41?,42?/m0/s1. The maximum absolute atomic E-state index is 14.7. The number of likely N-dealkylation sites (tertiary alicyclic amines) is 1. The van der Waals surface area contributed by atoms with Gasteiger partial charge in [-0.3, -0.25) is 24.1 Å². The molecule has 20 heteroatoms. The number of H-pyrrole nitrogens is 1. The third kappa shape index (κ3) is 15.0. The number of carbonyl (C=O) groups is 5. The van der Waals surface area contributed by atoms with Crippen molar-refractivity contribution in [2.45, 2.75) is 153 Å². The SMILES string of the molecule is CC[C@H](C)[C@@H](C(CC(=O)N1CCCC1C(OC)C(C)C(=O)NC(C)C(O)c1ccccc1)OC)N(C)C(=O)[C@@H](NC(=O)C(C(C)C)N(C)C(=O)OCC(C)(C)SSc1nc2ncncc2[nH]1)C(C)C. The van der Waals surface area contributed by atoms with Crippen LogP contribution < -0.4 is 10.6 Å². The molecule has 18 nitrogen and oxygen atoms in total. The van der Waals surface area contributed by atoms with Crippen molar-refractivity contribution >= 4 is 62.5 Å². The van der Waals surface area contributed by atoms with E-state index in [1.807, 2.05) is 73.6 Å². The second-order valence-corrected chi connectivity index (χ2v) is 22.4. The van der Waals surface area contributed by atoms with E-state index in [-0.39, 0.29) is 48.5 Å². The lowest BCUT2D eigenvalue weighted by Crippen LogP contribution is -2.60. The van der Waals surface area contributed by atoms with E-state index in [0.717, 1.165) is 6.42 Å². The lowest BCUT2D eigenvalue weighted by molar-refractivity contribution is -0.148. The predicted octanol–water partition coefficient (Wildman–Crippen LogP) is 6.26. The number of ether oxygens (including phenoxy) is 3. The number of benzene rings is 1. The quantitative estimate of drug-likeness (QED) is 0.0689. The third-order valence-corrected chi connectivity index (χ3v) is 16.2. The second kappa shape index (κ2) is 26.1. The van der Waals surface area contributed by atoms with Gasteiger partial charge in [-0.05, 0) is 67.7 Å². The van der Waals surface area contributed by atoms with Gasteiger partial charge in [0.2, 0.25) is 23.6 Å². The number of methoxy groups -OCH3 is 2. The van der Waals surface area contributed by atoms with Crippen LogP contribution in [-0.4, -0.2) is 158 Å². The molecule has 0 spiro atoms. The van der Waals surface area contributed by atoms with Crippen molar-refractivity contribution in [3.05, 3.63) is 48.4 Å². The summed E-state index contributed by atoms with van der Waals surface area (Å²) in [5.41, 5.74) is 1.96. The fourth-order valence-corrected chi connectivity index (χ4v) is 11.0. The largest absolute Gasteiger partial charge is 0.448 e. The third-order valence-electron chi connectivity index (χ3n) is 13.1. The van der Waals surface area contributed by atoms with Crippen LogP contribution in [0.15, 0.2) is 48.0 Å². The average molecular weight is 1000 g/mol. The first-order valence-electron chi connectivity index (χ1n) is 23.9. The second-order valence-electron chi connectivity index (χ2n) is 19.6. The number of rotatable bonds is 25. The molecule has 3 aromatic rings. The first kappa shape index (κ1) is 57.1. The van der Waals surface area contributed by atoms with Gasteiger partial charge < -0.3 is 44.7 Å². The van der Waals surface area contributed by atoms with Crippen molar-refractivity contribution in [1.29, 1.82) is 0 Å². The Hall–Kier alpha value is -4.50. The van der Waals surface area contributed by atoms with Crippen LogP contribution in [0.25, 0.3) is 11.2 Å². The summed E-state index contributed by atoms with van der Waals surface area (Å²) in [6.07, 6.45) is 2.13. The van der Waals surface area contributed by atoms with Gasteiger partial charge in [0, 0.05) is 34.9 Å². The normalized spacial score (nSPS) is 18.2. The minimum Gasteiger partial charge on any atom is -0.448 e. The summed E-state index contributed by atoms with van der Waals surface area (Å²) in [7, 11) is 9.12. The topological polar surface area (TPSA) is 222 Å². The number of fused-ring (bicyclic) bond motifs is 1. The molecule has 2 aromatic heterocycles. The number of likely N-dealkylation sites (N-methyl/N-ethyl adjacent to an activating group) is 2. The van der Waals surface area contributed by atoms with Gasteiger partial charge in [0.25, 0.3) is 0 Å². The van der Waals surface area contributed by atoms with Gasteiger partial charge in [-0.15, -0.1) is 0 Å².